The van der Waals surface area contributed by atoms with Crippen LogP contribution in [0.2, 0.25) is 0 Å². The van der Waals surface area contributed by atoms with Crippen molar-refractivity contribution >= 4 is 16.7 Å². The predicted octanol–water partition coefficient (Wildman–Crippen LogP) is 3.93. The average Bonchev–Trinajstić information content (AvgIpc) is 2.60. The van der Waals surface area contributed by atoms with Gasteiger partial charge in [-0.25, -0.2) is 8.78 Å². The molecule has 0 atom stereocenters. The number of ether oxygens (including phenoxy) is 1. The summed E-state index contributed by atoms with van der Waals surface area (Å²) in [4.78, 5) is 12.3. The van der Waals surface area contributed by atoms with Crippen molar-refractivity contribution in [3.05, 3.63) is 77.9 Å². The van der Waals surface area contributed by atoms with Gasteiger partial charge in [0.1, 0.15) is 12.4 Å². The number of halogens is 2. The van der Waals surface area contributed by atoms with Crippen molar-refractivity contribution in [2.24, 2.45) is 0 Å². The number of nitrogens with one attached hydrogen (secondary N) is 1. The molecule has 3 rings (SSSR count). The molecule has 3 aromatic carbocycles. The molecule has 0 heterocycles. The first-order chi connectivity index (χ1) is 11.7. The van der Waals surface area contributed by atoms with E-state index in [1.807, 2.05) is 0 Å². The zero-order valence-corrected chi connectivity index (χ0v) is 12.8. The van der Waals surface area contributed by atoms with Gasteiger partial charge in [0, 0.05) is 10.9 Å². The maximum Gasteiger partial charge on any atom is 0.252 e. The topological polar surface area (TPSA) is 38.3 Å². The van der Waals surface area contributed by atoms with Crippen LogP contribution >= 0.6 is 0 Å². The van der Waals surface area contributed by atoms with Crippen LogP contribution in [0.5, 0.6) is 5.75 Å². The summed E-state index contributed by atoms with van der Waals surface area (Å²) in [6.07, 6.45) is 0. The van der Waals surface area contributed by atoms with E-state index >= 15 is 0 Å². The van der Waals surface area contributed by atoms with Crippen molar-refractivity contribution < 1.29 is 18.3 Å². The highest BCUT2D eigenvalue weighted by Crippen LogP contribution is 2.21. The smallest absolute Gasteiger partial charge is 0.252 e. The van der Waals surface area contributed by atoms with Crippen LogP contribution in [-0.4, -0.2) is 19.1 Å². The van der Waals surface area contributed by atoms with Gasteiger partial charge >= 0.3 is 0 Å². The largest absolute Gasteiger partial charge is 0.489 e. The quantitative estimate of drug-likeness (QED) is 0.721. The first-order valence-corrected chi connectivity index (χ1v) is 7.49. The maximum absolute atomic E-state index is 13.8. The summed E-state index contributed by atoms with van der Waals surface area (Å²) in [6, 6.07) is 15.6. The molecule has 0 aliphatic carbocycles. The van der Waals surface area contributed by atoms with Crippen molar-refractivity contribution in [3.8, 4) is 5.75 Å². The van der Waals surface area contributed by atoms with Crippen LogP contribution in [0.15, 0.2) is 60.7 Å². The Morgan fingerprint density at radius 1 is 0.875 bits per heavy atom. The molecule has 0 radical (unpaired) electrons. The second-order valence-corrected chi connectivity index (χ2v) is 5.18. The Morgan fingerprint density at radius 3 is 2.38 bits per heavy atom. The van der Waals surface area contributed by atoms with Gasteiger partial charge < -0.3 is 10.1 Å². The van der Waals surface area contributed by atoms with Crippen LogP contribution in [0.4, 0.5) is 8.78 Å². The highest BCUT2D eigenvalue weighted by molar-refractivity contribution is 6.07. The first-order valence-electron chi connectivity index (χ1n) is 7.49. The molecular formula is C19H15F2NO2. The molecule has 3 nitrogen and oxygen atoms in total. The number of carbonyl (C=O) groups is 1. The number of fused-ring (bicyclic) bond motifs is 1. The van der Waals surface area contributed by atoms with Crippen molar-refractivity contribution in [1.29, 1.82) is 0 Å². The minimum absolute atomic E-state index is 0.131. The second-order valence-electron chi connectivity index (χ2n) is 5.18. The molecule has 5 heteroatoms. The van der Waals surface area contributed by atoms with E-state index in [9.17, 15) is 13.6 Å². The lowest BCUT2D eigenvalue weighted by Crippen LogP contribution is -2.28. The molecule has 0 aliphatic heterocycles. The van der Waals surface area contributed by atoms with E-state index in [2.05, 4.69) is 5.32 Å². The molecular weight excluding hydrogens is 312 g/mol. The summed E-state index contributed by atoms with van der Waals surface area (Å²) in [5.41, 5.74) is 0.387. The van der Waals surface area contributed by atoms with Crippen molar-refractivity contribution in [3.63, 3.8) is 0 Å². The van der Waals surface area contributed by atoms with Gasteiger partial charge in [0.2, 0.25) is 0 Å². The third-order valence-electron chi connectivity index (χ3n) is 3.60. The van der Waals surface area contributed by atoms with E-state index in [0.29, 0.717) is 16.3 Å². The highest BCUT2D eigenvalue weighted by atomic mass is 19.1. The van der Waals surface area contributed by atoms with E-state index < -0.39 is 5.82 Å². The standard InChI is InChI=1S/C19H15F2NO2/c20-16-10-9-15(13-5-1-2-6-14(13)16)19(23)22-11-12-24-18-8-4-3-7-17(18)21/h1-10H,11-12H2,(H,22,23). The van der Waals surface area contributed by atoms with Crippen molar-refractivity contribution in [2.75, 3.05) is 13.2 Å². The van der Waals surface area contributed by atoms with Crippen LogP contribution in [0, 0.1) is 11.6 Å². The summed E-state index contributed by atoms with van der Waals surface area (Å²) < 4.78 is 32.5. The van der Waals surface area contributed by atoms with Gasteiger partial charge in [-0.15, -0.1) is 0 Å². The van der Waals surface area contributed by atoms with Gasteiger partial charge in [-0.2, -0.15) is 0 Å². The fourth-order valence-electron chi connectivity index (χ4n) is 2.44. The summed E-state index contributed by atoms with van der Waals surface area (Å²) in [7, 11) is 0. The van der Waals surface area contributed by atoms with Gasteiger partial charge in [-0.05, 0) is 29.7 Å². The summed E-state index contributed by atoms with van der Waals surface area (Å²) >= 11 is 0. The number of amides is 1. The van der Waals surface area contributed by atoms with E-state index in [1.54, 1.807) is 36.4 Å². The highest BCUT2D eigenvalue weighted by Gasteiger charge is 2.12. The van der Waals surface area contributed by atoms with Gasteiger partial charge in [0.05, 0.1) is 6.54 Å². The SMILES string of the molecule is O=C(NCCOc1ccccc1F)c1ccc(F)c2ccccc12. The molecule has 1 amide bonds. The number of para-hydroxylation sites is 1. The normalized spacial score (nSPS) is 10.6. The van der Waals surface area contributed by atoms with Crippen LogP contribution in [-0.2, 0) is 0 Å². The number of benzene rings is 3. The summed E-state index contributed by atoms with van der Waals surface area (Å²) in [6.45, 7) is 0.338. The summed E-state index contributed by atoms with van der Waals surface area (Å²) in [5.74, 6) is -1.01. The Hall–Kier alpha value is -2.95. The molecule has 0 saturated heterocycles. The monoisotopic (exact) mass is 327 g/mol. The van der Waals surface area contributed by atoms with Gasteiger partial charge in [0.15, 0.2) is 11.6 Å². The van der Waals surface area contributed by atoms with Crippen molar-refractivity contribution in [1.82, 2.24) is 5.32 Å². The minimum Gasteiger partial charge on any atom is -0.489 e. The number of carbonyl (C=O) groups excluding carboxylic acids is 1. The Morgan fingerprint density at radius 2 is 1.58 bits per heavy atom. The van der Waals surface area contributed by atoms with Crippen LogP contribution < -0.4 is 10.1 Å². The van der Waals surface area contributed by atoms with E-state index in [0.717, 1.165) is 0 Å². The van der Waals surface area contributed by atoms with E-state index in [4.69, 9.17) is 4.74 Å². The Labute approximate surface area is 137 Å². The van der Waals surface area contributed by atoms with Crippen LogP contribution in [0.25, 0.3) is 10.8 Å². The van der Waals surface area contributed by atoms with Gasteiger partial charge in [0.25, 0.3) is 5.91 Å². The van der Waals surface area contributed by atoms with Crippen LogP contribution in [0.3, 0.4) is 0 Å². The Kier molecular flexibility index (Phi) is 4.70. The average molecular weight is 327 g/mol. The van der Waals surface area contributed by atoms with Gasteiger partial charge in [-0.1, -0.05) is 36.4 Å². The Bertz CT molecular complexity index is 880. The zero-order valence-electron chi connectivity index (χ0n) is 12.8. The van der Waals surface area contributed by atoms with Gasteiger partial charge in [-0.3, -0.25) is 4.79 Å². The molecule has 0 spiro atoms. The van der Waals surface area contributed by atoms with Crippen molar-refractivity contribution in [2.45, 2.75) is 0 Å². The molecule has 0 aromatic heterocycles. The fourth-order valence-corrected chi connectivity index (χ4v) is 2.44. The molecule has 0 bridgehead atoms. The fraction of sp³-hybridized carbons (Fsp3) is 0.105. The minimum atomic E-state index is -0.451. The predicted molar refractivity (Wildman–Crippen MR) is 88.1 cm³/mol. The lowest BCUT2D eigenvalue weighted by atomic mass is 10.0. The van der Waals surface area contributed by atoms with Crippen LogP contribution in [0.1, 0.15) is 10.4 Å². The van der Waals surface area contributed by atoms with E-state index in [1.165, 1.54) is 24.3 Å². The maximum atomic E-state index is 13.8. The molecule has 122 valence electrons. The summed E-state index contributed by atoms with van der Waals surface area (Å²) in [5, 5.41) is 3.63. The lowest BCUT2D eigenvalue weighted by molar-refractivity contribution is 0.0948. The number of rotatable bonds is 5. The number of hydrogen-bond acceptors (Lipinski definition) is 2. The number of hydrogen-bond donors (Lipinski definition) is 1. The Balaban J connectivity index is 1.64. The molecule has 1 N–H and O–H groups in total. The molecule has 3 aromatic rings. The zero-order chi connectivity index (χ0) is 16.9. The molecule has 0 aliphatic rings. The third kappa shape index (κ3) is 3.35. The van der Waals surface area contributed by atoms with E-state index in [-0.39, 0.29) is 30.6 Å². The molecule has 0 fully saturated rings. The molecule has 24 heavy (non-hydrogen) atoms. The molecule has 0 saturated carbocycles. The second kappa shape index (κ2) is 7.08. The third-order valence-corrected chi connectivity index (χ3v) is 3.60. The molecule has 0 unspecified atom stereocenters. The lowest BCUT2D eigenvalue weighted by Gasteiger charge is -2.10. The first kappa shape index (κ1) is 15.9.